The van der Waals surface area contributed by atoms with Gasteiger partial charge >= 0.3 is 5.97 Å². The first-order valence-corrected chi connectivity index (χ1v) is 5.75. The fourth-order valence-corrected chi connectivity index (χ4v) is 1.45. The quantitative estimate of drug-likeness (QED) is 0.537. The molecule has 17 heavy (non-hydrogen) atoms. The van der Waals surface area contributed by atoms with E-state index in [1.54, 1.807) is 6.92 Å². The highest BCUT2D eigenvalue weighted by atomic mass is 16.5. The molecule has 0 N–H and O–H groups in total. The Morgan fingerprint density at radius 1 is 1.41 bits per heavy atom. The van der Waals surface area contributed by atoms with Crippen molar-refractivity contribution in [1.82, 2.24) is 0 Å². The lowest BCUT2D eigenvalue weighted by atomic mass is 10.1. The maximum atomic E-state index is 11.1. The summed E-state index contributed by atoms with van der Waals surface area (Å²) in [6.45, 7) is 6.24. The average molecular weight is 234 g/mol. The Balaban J connectivity index is 2.45. The Kier molecular flexibility index (Phi) is 5.86. The molecular formula is C14H18O3. The number of carbonyl (C=O) groups excluding carboxylic acids is 1. The van der Waals surface area contributed by atoms with Gasteiger partial charge in [-0.15, -0.1) is 6.58 Å². The molecule has 92 valence electrons. The van der Waals surface area contributed by atoms with Gasteiger partial charge in [-0.05, 0) is 25.0 Å². The molecule has 3 heteroatoms. The number of para-hydroxylation sites is 1. The Morgan fingerprint density at radius 2 is 2.18 bits per heavy atom. The van der Waals surface area contributed by atoms with Gasteiger partial charge in [0, 0.05) is 0 Å². The van der Waals surface area contributed by atoms with Gasteiger partial charge in [-0.1, -0.05) is 24.3 Å². The molecule has 1 aromatic rings. The van der Waals surface area contributed by atoms with Crippen LogP contribution in [0.25, 0.3) is 0 Å². The van der Waals surface area contributed by atoms with Crippen LogP contribution in [0.4, 0.5) is 0 Å². The molecule has 0 heterocycles. The van der Waals surface area contributed by atoms with Crippen molar-refractivity contribution in [2.24, 2.45) is 0 Å². The molecule has 1 rings (SSSR count). The second-order valence-electron chi connectivity index (χ2n) is 3.50. The molecule has 0 unspecified atom stereocenters. The lowest BCUT2D eigenvalue weighted by molar-refractivity contribution is -0.143. The SMILES string of the molecule is C=CCc1ccccc1OCCC(=O)OCC. The van der Waals surface area contributed by atoms with Crippen LogP contribution >= 0.6 is 0 Å². The minimum Gasteiger partial charge on any atom is -0.493 e. The van der Waals surface area contributed by atoms with Crippen LogP contribution in [-0.2, 0) is 16.0 Å². The minimum absolute atomic E-state index is 0.228. The van der Waals surface area contributed by atoms with Crippen molar-refractivity contribution in [2.75, 3.05) is 13.2 Å². The zero-order chi connectivity index (χ0) is 12.5. The van der Waals surface area contributed by atoms with Crippen molar-refractivity contribution in [3.05, 3.63) is 42.5 Å². The molecule has 0 bridgehead atoms. The van der Waals surface area contributed by atoms with Crippen LogP contribution in [0.5, 0.6) is 5.75 Å². The van der Waals surface area contributed by atoms with Gasteiger partial charge in [0.25, 0.3) is 0 Å². The van der Waals surface area contributed by atoms with Crippen molar-refractivity contribution >= 4 is 5.97 Å². The highest BCUT2D eigenvalue weighted by molar-refractivity contribution is 5.69. The summed E-state index contributed by atoms with van der Waals surface area (Å²) in [6.07, 6.45) is 2.86. The van der Waals surface area contributed by atoms with E-state index < -0.39 is 0 Å². The molecule has 0 radical (unpaired) electrons. The van der Waals surface area contributed by atoms with E-state index in [-0.39, 0.29) is 12.4 Å². The van der Waals surface area contributed by atoms with Gasteiger partial charge in [0.05, 0.1) is 19.6 Å². The third-order valence-electron chi connectivity index (χ3n) is 2.21. The number of benzene rings is 1. The summed E-state index contributed by atoms with van der Waals surface area (Å²) in [7, 11) is 0. The standard InChI is InChI=1S/C14H18O3/c1-3-7-12-8-5-6-9-13(12)17-11-10-14(15)16-4-2/h3,5-6,8-9H,1,4,7,10-11H2,2H3. The summed E-state index contributed by atoms with van der Waals surface area (Å²) in [5.74, 6) is 0.574. The smallest absolute Gasteiger partial charge is 0.309 e. The highest BCUT2D eigenvalue weighted by Gasteiger charge is 2.04. The van der Waals surface area contributed by atoms with Crippen LogP contribution in [-0.4, -0.2) is 19.2 Å². The predicted molar refractivity (Wildman–Crippen MR) is 67.1 cm³/mol. The number of esters is 1. The van der Waals surface area contributed by atoms with Crippen LogP contribution in [0, 0.1) is 0 Å². The third kappa shape index (κ3) is 4.72. The molecule has 0 saturated heterocycles. The second-order valence-corrected chi connectivity index (χ2v) is 3.50. The van der Waals surface area contributed by atoms with Gasteiger partial charge in [-0.2, -0.15) is 0 Å². The van der Waals surface area contributed by atoms with Crippen LogP contribution in [0.3, 0.4) is 0 Å². The second kappa shape index (κ2) is 7.49. The van der Waals surface area contributed by atoms with E-state index in [9.17, 15) is 4.79 Å². The molecule has 0 aromatic heterocycles. The molecule has 0 atom stereocenters. The maximum absolute atomic E-state index is 11.1. The van der Waals surface area contributed by atoms with Gasteiger partial charge in [0.1, 0.15) is 5.75 Å². The van der Waals surface area contributed by atoms with E-state index in [0.29, 0.717) is 13.2 Å². The molecule has 3 nitrogen and oxygen atoms in total. The molecule has 0 aliphatic heterocycles. The van der Waals surface area contributed by atoms with E-state index in [4.69, 9.17) is 9.47 Å². The number of rotatable bonds is 7. The Hall–Kier alpha value is -1.77. The van der Waals surface area contributed by atoms with Gasteiger partial charge < -0.3 is 9.47 Å². The van der Waals surface area contributed by atoms with Crippen LogP contribution in [0.1, 0.15) is 18.9 Å². The zero-order valence-electron chi connectivity index (χ0n) is 10.1. The molecule has 0 spiro atoms. The van der Waals surface area contributed by atoms with Crippen LogP contribution in [0.2, 0.25) is 0 Å². The fourth-order valence-electron chi connectivity index (χ4n) is 1.45. The molecule has 0 fully saturated rings. The lowest BCUT2D eigenvalue weighted by Crippen LogP contribution is -2.10. The summed E-state index contributed by atoms with van der Waals surface area (Å²) in [5.41, 5.74) is 1.08. The monoisotopic (exact) mass is 234 g/mol. The Bertz CT molecular complexity index is 371. The summed E-state index contributed by atoms with van der Waals surface area (Å²) in [4.78, 5) is 11.1. The first-order valence-electron chi connectivity index (χ1n) is 5.75. The van der Waals surface area contributed by atoms with Crippen molar-refractivity contribution in [3.63, 3.8) is 0 Å². The van der Waals surface area contributed by atoms with Crippen molar-refractivity contribution in [3.8, 4) is 5.75 Å². The average Bonchev–Trinajstić information content (AvgIpc) is 2.32. The van der Waals surface area contributed by atoms with Crippen LogP contribution in [0.15, 0.2) is 36.9 Å². The third-order valence-corrected chi connectivity index (χ3v) is 2.21. The van der Waals surface area contributed by atoms with E-state index >= 15 is 0 Å². The number of allylic oxidation sites excluding steroid dienone is 1. The highest BCUT2D eigenvalue weighted by Crippen LogP contribution is 2.18. The van der Waals surface area contributed by atoms with E-state index in [1.807, 2.05) is 30.3 Å². The van der Waals surface area contributed by atoms with E-state index in [0.717, 1.165) is 17.7 Å². The van der Waals surface area contributed by atoms with Gasteiger partial charge in [-0.25, -0.2) is 0 Å². The maximum Gasteiger partial charge on any atom is 0.309 e. The van der Waals surface area contributed by atoms with Gasteiger partial charge in [0.15, 0.2) is 0 Å². The molecule has 1 aromatic carbocycles. The van der Waals surface area contributed by atoms with Crippen molar-refractivity contribution < 1.29 is 14.3 Å². The topological polar surface area (TPSA) is 35.5 Å². The summed E-state index contributed by atoms with van der Waals surface area (Å²) in [5, 5.41) is 0. The summed E-state index contributed by atoms with van der Waals surface area (Å²) >= 11 is 0. The first kappa shape index (κ1) is 13.3. The van der Waals surface area contributed by atoms with Gasteiger partial charge in [0.2, 0.25) is 0 Å². The fraction of sp³-hybridized carbons (Fsp3) is 0.357. The summed E-state index contributed by atoms with van der Waals surface area (Å²) < 4.78 is 10.4. The lowest BCUT2D eigenvalue weighted by Gasteiger charge is -2.09. The Morgan fingerprint density at radius 3 is 2.88 bits per heavy atom. The molecule has 0 aliphatic carbocycles. The minimum atomic E-state index is -0.228. The number of carbonyl (C=O) groups is 1. The van der Waals surface area contributed by atoms with Gasteiger partial charge in [-0.3, -0.25) is 4.79 Å². The molecule has 0 amide bonds. The largest absolute Gasteiger partial charge is 0.493 e. The normalized spacial score (nSPS) is 9.71. The van der Waals surface area contributed by atoms with Crippen molar-refractivity contribution in [1.29, 1.82) is 0 Å². The molecule has 0 aliphatic rings. The first-order chi connectivity index (χ1) is 8.27. The molecular weight excluding hydrogens is 216 g/mol. The number of hydrogen-bond acceptors (Lipinski definition) is 3. The molecule has 0 saturated carbocycles. The van der Waals surface area contributed by atoms with E-state index in [1.165, 1.54) is 0 Å². The number of hydrogen-bond donors (Lipinski definition) is 0. The van der Waals surface area contributed by atoms with Crippen molar-refractivity contribution in [2.45, 2.75) is 19.8 Å². The zero-order valence-corrected chi connectivity index (χ0v) is 10.1. The van der Waals surface area contributed by atoms with E-state index in [2.05, 4.69) is 6.58 Å². The Labute approximate surface area is 102 Å². The van der Waals surface area contributed by atoms with Crippen LogP contribution < -0.4 is 4.74 Å². The summed E-state index contributed by atoms with van der Waals surface area (Å²) in [6, 6.07) is 7.74. The predicted octanol–water partition coefficient (Wildman–Crippen LogP) is 2.75. The number of ether oxygens (including phenoxy) is 2.